The molecular weight excluding hydrogens is 184 g/mol. The van der Waals surface area contributed by atoms with Gasteiger partial charge in [-0.3, -0.25) is 4.79 Å². The lowest BCUT2D eigenvalue weighted by molar-refractivity contribution is 0.0899. The lowest BCUT2D eigenvalue weighted by Gasteiger charge is -2.15. The van der Waals surface area contributed by atoms with Gasteiger partial charge in [-0.2, -0.15) is 0 Å². The van der Waals surface area contributed by atoms with Crippen LogP contribution in [-0.2, 0) is 0 Å². The summed E-state index contributed by atoms with van der Waals surface area (Å²) in [6, 6.07) is 6.07. The van der Waals surface area contributed by atoms with Crippen molar-refractivity contribution in [3.8, 4) is 0 Å². The predicted molar refractivity (Wildman–Crippen MR) is 64.2 cm³/mol. The van der Waals surface area contributed by atoms with E-state index in [1.165, 1.54) is 0 Å². The van der Waals surface area contributed by atoms with E-state index < -0.39 is 0 Å². The molecule has 0 N–H and O–H groups in total. The number of carbonyl (C=O) groups excluding carboxylic acids is 1. The zero-order chi connectivity index (χ0) is 11.6. The number of hydrogen-bond acceptors (Lipinski definition) is 1. The van der Waals surface area contributed by atoms with Gasteiger partial charge in [0, 0.05) is 11.5 Å². The molecule has 0 aromatic heterocycles. The van der Waals surface area contributed by atoms with E-state index in [0.29, 0.717) is 5.92 Å². The molecule has 15 heavy (non-hydrogen) atoms. The van der Waals surface area contributed by atoms with Crippen LogP contribution in [0.1, 0.15) is 42.3 Å². The number of rotatable bonds is 3. The minimum absolute atomic E-state index is 0.102. The first-order valence-electron chi connectivity index (χ1n) is 5.55. The van der Waals surface area contributed by atoms with E-state index in [1.54, 1.807) is 0 Å². The summed E-state index contributed by atoms with van der Waals surface area (Å²) in [7, 11) is 0. The van der Waals surface area contributed by atoms with Crippen LogP contribution in [0.25, 0.3) is 0 Å². The Morgan fingerprint density at radius 3 is 2.27 bits per heavy atom. The molecule has 0 radical (unpaired) electrons. The molecule has 0 bridgehead atoms. The first-order valence-corrected chi connectivity index (χ1v) is 5.55. The van der Waals surface area contributed by atoms with Crippen molar-refractivity contribution >= 4 is 5.78 Å². The molecule has 1 rings (SSSR count). The second-order valence-electron chi connectivity index (χ2n) is 4.72. The van der Waals surface area contributed by atoms with Crippen LogP contribution >= 0.6 is 0 Å². The monoisotopic (exact) mass is 204 g/mol. The largest absolute Gasteiger partial charge is 0.294 e. The van der Waals surface area contributed by atoms with Crippen molar-refractivity contribution in [3.63, 3.8) is 0 Å². The number of Topliss-reactive ketones (excluding diaryl/α,β-unsaturated/α-hetero) is 1. The van der Waals surface area contributed by atoms with Gasteiger partial charge in [0.15, 0.2) is 5.78 Å². The van der Waals surface area contributed by atoms with Gasteiger partial charge in [-0.25, -0.2) is 0 Å². The van der Waals surface area contributed by atoms with Gasteiger partial charge in [-0.05, 0) is 31.4 Å². The molecule has 0 aliphatic heterocycles. The maximum atomic E-state index is 12.2. The molecular formula is C14H20O. The summed E-state index contributed by atoms with van der Waals surface area (Å²) >= 11 is 0. The quantitative estimate of drug-likeness (QED) is 0.685. The van der Waals surface area contributed by atoms with E-state index in [0.717, 1.165) is 16.7 Å². The third-order valence-corrected chi connectivity index (χ3v) is 3.07. The zero-order valence-corrected chi connectivity index (χ0v) is 10.3. The van der Waals surface area contributed by atoms with Crippen molar-refractivity contribution in [1.82, 2.24) is 0 Å². The topological polar surface area (TPSA) is 17.1 Å². The number of benzene rings is 1. The normalized spacial score (nSPS) is 12.9. The molecule has 1 nitrogen and oxygen atoms in total. The molecule has 82 valence electrons. The van der Waals surface area contributed by atoms with Crippen molar-refractivity contribution in [1.29, 1.82) is 0 Å². The fourth-order valence-electron chi connectivity index (χ4n) is 1.55. The van der Waals surface area contributed by atoms with E-state index in [-0.39, 0.29) is 11.7 Å². The Kier molecular flexibility index (Phi) is 3.67. The molecule has 0 heterocycles. The summed E-state index contributed by atoms with van der Waals surface area (Å²) in [5.41, 5.74) is 3.12. The lowest BCUT2D eigenvalue weighted by Crippen LogP contribution is -2.18. The molecule has 0 saturated carbocycles. The van der Waals surface area contributed by atoms with Gasteiger partial charge in [0.25, 0.3) is 0 Å². The summed E-state index contributed by atoms with van der Waals surface area (Å²) < 4.78 is 0. The highest BCUT2D eigenvalue weighted by atomic mass is 16.1. The van der Waals surface area contributed by atoms with Gasteiger partial charge >= 0.3 is 0 Å². The Bertz CT molecular complexity index is 364. The van der Waals surface area contributed by atoms with Gasteiger partial charge in [0.05, 0.1) is 0 Å². The Morgan fingerprint density at radius 1 is 1.13 bits per heavy atom. The SMILES string of the molecule is Cc1ccc(C)c(C(=O)C(C)C(C)C)c1. The van der Waals surface area contributed by atoms with Crippen LogP contribution in [-0.4, -0.2) is 5.78 Å². The molecule has 0 aliphatic carbocycles. The first kappa shape index (κ1) is 12.0. The average Bonchev–Trinajstić information content (AvgIpc) is 2.19. The van der Waals surface area contributed by atoms with E-state index in [4.69, 9.17) is 0 Å². The molecule has 0 fully saturated rings. The fourth-order valence-corrected chi connectivity index (χ4v) is 1.55. The Hall–Kier alpha value is -1.11. The fraction of sp³-hybridized carbons (Fsp3) is 0.500. The zero-order valence-electron chi connectivity index (χ0n) is 10.3. The van der Waals surface area contributed by atoms with Crippen LogP contribution in [0, 0.1) is 25.7 Å². The Labute approximate surface area is 92.5 Å². The summed E-state index contributed by atoms with van der Waals surface area (Å²) in [6.45, 7) is 10.2. The second kappa shape index (κ2) is 4.61. The minimum atomic E-state index is 0.102. The van der Waals surface area contributed by atoms with Crippen LogP contribution in [0.3, 0.4) is 0 Å². The summed E-state index contributed by atoms with van der Waals surface area (Å²) in [6.07, 6.45) is 0. The van der Waals surface area contributed by atoms with Crippen molar-refractivity contribution in [2.75, 3.05) is 0 Å². The molecule has 1 aromatic rings. The van der Waals surface area contributed by atoms with Gasteiger partial charge in [0.2, 0.25) is 0 Å². The van der Waals surface area contributed by atoms with Gasteiger partial charge in [-0.15, -0.1) is 0 Å². The maximum Gasteiger partial charge on any atom is 0.166 e. The third kappa shape index (κ3) is 2.68. The molecule has 0 aliphatic rings. The number of aryl methyl sites for hydroxylation is 2. The summed E-state index contributed by atoms with van der Waals surface area (Å²) in [5.74, 6) is 0.772. The van der Waals surface area contributed by atoms with E-state index in [2.05, 4.69) is 13.8 Å². The highest BCUT2D eigenvalue weighted by molar-refractivity contribution is 5.99. The molecule has 1 unspecified atom stereocenters. The Morgan fingerprint density at radius 2 is 1.73 bits per heavy atom. The number of ketones is 1. The highest BCUT2D eigenvalue weighted by Crippen LogP contribution is 2.20. The minimum Gasteiger partial charge on any atom is -0.294 e. The summed E-state index contributed by atoms with van der Waals surface area (Å²) in [4.78, 5) is 12.2. The highest BCUT2D eigenvalue weighted by Gasteiger charge is 2.19. The van der Waals surface area contributed by atoms with E-state index in [1.807, 2.05) is 39.0 Å². The molecule has 0 spiro atoms. The molecule has 0 saturated heterocycles. The van der Waals surface area contributed by atoms with E-state index in [9.17, 15) is 4.79 Å². The number of carbonyl (C=O) groups is 1. The first-order chi connectivity index (χ1) is 6.93. The molecule has 1 heteroatoms. The second-order valence-corrected chi connectivity index (χ2v) is 4.72. The van der Waals surface area contributed by atoms with Crippen molar-refractivity contribution in [3.05, 3.63) is 34.9 Å². The van der Waals surface area contributed by atoms with Crippen molar-refractivity contribution in [2.45, 2.75) is 34.6 Å². The third-order valence-electron chi connectivity index (χ3n) is 3.07. The smallest absolute Gasteiger partial charge is 0.166 e. The Balaban J connectivity index is 3.05. The van der Waals surface area contributed by atoms with Crippen molar-refractivity contribution in [2.24, 2.45) is 11.8 Å². The van der Waals surface area contributed by atoms with Crippen LogP contribution in [0.2, 0.25) is 0 Å². The molecule has 0 amide bonds. The standard InChI is InChI=1S/C14H20O/c1-9(2)12(5)14(15)13-8-10(3)6-7-11(13)4/h6-9,12H,1-5H3. The van der Waals surface area contributed by atoms with Gasteiger partial charge in [-0.1, -0.05) is 38.5 Å². The van der Waals surface area contributed by atoms with Crippen LogP contribution < -0.4 is 0 Å². The molecule has 1 atom stereocenters. The van der Waals surface area contributed by atoms with Gasteiger partial charge in [0.1, 0.15) is 0 Å². The molecule has 1 aromatic carbocycles. The predicted octanol–water partition coefficient (Wildman–Crippen LogP) is 3.78. The van der Waals surface area contributed by atoms with Crippen LogP contribution in [0.5, 0.6) is 0 Å². The van der Waals surface area contributed by atoms with Crippen LogP contribution in [0.4, 0.5) is 0 Å². The van der Waals surface area contributed by atoms with Crippen LogP contribution in [0.15, 0.2) is 18.2 Å². The lowest BCUT2D eigenvalue weighted by atomic mass is 9.87. The van der Waals surface area contributed by atoms with E-state index >= 15 is 0 Å². The number of hydrogen-bond donors (Lipinski definition) is 0. The van der Waals surface area contributed by atoms with Crippen molar-refractivity contribution < 1.29 is 4.79 Å². The summed E-state index contributed by atoms with van der Waals surface area (Å²) in [5, 5.41) is 0. The average molecular weight is 204 g/mol. The maximum absolute atomic E-state index is 12.2. The van der Waals surface area contributed by atoms with Gasteiger partial charge < -0.3 is 0 Å².